The van der Waals surface area contributed by atoms with E-state index >= 15 is 0 Å². The van der Waals surface area contributed by atoms with Gasteiger partial charge in [-0.2, -0.15) is 4.98 Å². The Labute approximate surface area is 157 Å². The molecule has 0 fully saturated rings. The molecule has 3 heterocycles. The fourth-order valence-corrected chi connectivity index (χ4v) is 3.81. The molecular weight excluding hydrogens is 342 g/mol. The van der Waals surface area contributed by atoms with Crippen LogP contribution in [0.25, 0.3) is 11.2 Å². The van der Waals surface area contributed by atoms with Crippen molar-refractivity contribution in [2.24, 2.45) is 14.1 Å². The summed E-state index contributed by atoms with van der Waals surface area (Å²) in [4.78, 5) is 31.8. The van der Waals surface area contributed by atoms with Crippen LogP contribution in [0.5, 0.6) is 0 Å². The Kier molecular flexibility index (Phi) is 4.37. The molecule has 1 aromatic carbocycles. The van der Waals surface area contributed by atoms with E-state index in [0.29, 0.717) is 11.2 Å². The smallest absolute Gasteiger partial charge is 0.312 e. The highest BCUT2D eigenvalue weighted by atomic mass is 16.2. The quantitative estimate of drug-likeness (QED) is 0.710. The number of nitrogens with zero attached hydrogens (tertiary/aromatic N) is 5. The first-order chi connectivity index (χ1) is 13.0. The molecule has 0 saturated carbocycles. The average molecular weight is 367 g/mol. The summed E-state index contributed by atoms with van der Waals surface area (Å²) < 4.78 is 4.55. The third-order valence-corrected chi connectivity index (χ3v) is 5.40. The third kappa shape index (κ3) is 2.78. The van der Waals surface area contributed by atoms with Crippen molar-refractivity contribution in [2.75, 3.05) is 11.4 Å². The number of hydrogen-bond donors (Lipinski definition) is 0. The molecule has 0 aliphatic carbocycles. The molecule has 0 unspecified atom stereocenters. The molecule has 1 aliphatic rings. The van der Waals surface area contributed by atoms with Gasteiger partial charge in [0.2, 0.25) is 5.95 Å². The molecule has 3 aromatic rings. The highest BCUT2D eigenvalue weighted by molar-refractivity contribution is 5.77. The minimum Gasteiger partial charge on any atom is -0.312 e. The minimum absolute atomic E-state index is 0.288. The van der Waals surface area contributed by atoms with Crippen LogP contribution in [-0.2, 0) is 27.1 Å². The van der Waals surface area contributed by atoms with Crippen molar-refractivity contribution in [3.63, 3.8) is 0 Å². The van der Waals surface area contributed by atoms with E-state index in [1.807, 2.05) is 4.57 Å². The van der Waals surface area contributed by atoms with E-state index in [0.717, 1.165) is 42.1 Å². The number of aryl methyl sites for hydroxylation is 3. The molecule has 1 aliphatic heterocycles. The van der Waals surface area contributed by atoms with Gasteiger partial charge in [0.1, 0.15) is 0 Å². The van der Waals surface area contributed by atoms with E-state index in [9.17, 15) is 9.59 Å². The Morgan fingerprint density at radius 1 is 1.04 bits per heavy atom. The summed E-state index contributed by atoms with van der Waals surface area (Å²) in [5, 5.41) is 0. The second-order valence-electron chi connectivity index (χ2n) is 7.22. The predicted octanol–water partition coefficient (Wildman–Crippen LogP) is 2.32. The van der Waals surface area contributed by atoms with Crippen molar-refractivity contribution in [1.82, 2.24) is 18.7 Å². The van der Waals surface area contributed by atoms with Crippen LogP contribution in [0.4, 0.5) is 11.6 Å². The van der Waals surface area contributed by atoms with Crippen LogP contribution in [0.2, 0.25) is 0 Å². The van der Waals surface area contributed by atoms with Gasteiger partial charge in [-0.15, -0.1) is 0 Å². The summed E-state index contributed by atoms with van der Waals surface area (Å²) in [6, 6.07) is 8.58. The van der Waals surface area contributed by atoms with Gasteiger partial charge in [-0.25, -0.2) is 4.79 Å². The van der Waals surface area contributed by atoms with Gasteiger partial charge >= 0.3 is 5.69 Å². The average Bonchev–Trinajstić information content (AvgIpc) is 3.09. The van der Waals surface area contributed by atoms with Crippen LogP contribution in [0.3, 0.4) is 0 Å². The molecule has 0 saturated heterocycles. The zero-order chi connectivity index (χ0) is 19.1. The fourth-order valence-electron chi connectivity index (χ4n) is 3.81. The normalized spacial score (nSPS) is 14.0. The lowest BCUT2D eigenvalue weighted by molar-refractivity contribution is 0.600. The van der Waals surface area contributed by atoms with Gasteiger partial charge in [0.05, 0.1) is 0 Å². The van der Waals surface area contributed by atoms with Crippen LogP contribution >= 0.6 is 0 Å². The minimum atomic E-state index is -0.352. The molecule has 0 N–H and O–H groups in total. The molecule has 4 rings (SSSR count). The number of fused-ring (bicyclic) bond motifs is 3. The van der Waals surface area contributed by atoms with Crippen molar-refractivity contribution in [2.45, 2.75) is 39.2 Å². The molecule has 27 heavy (non-hydrogen) atoms. The first-order valence-electron chi connectivity index (χ1n) is 9.55. The zero-order valence-electron chi connectivity index (χ0n) is 16.1. The molecule has 2 aromatic heterocycles. The standard InChI is InChI=1S/C20H25N5O2/c1-4-5-7-14-8-10-15(11-9-14)24-12-6-13-25-16-17(21-19(24)25)22(2)20(27)23(3)18(16)26/h8-11H,4-7,12-13H2,1-3H3. The molecule has 0 radical (unpaired) electrons. The van der Waals surface area contributed by atoms with Crippen molar-refractivity contribution in [3.8, 4) is 0 Å². The molecule has 0 spiro atoms. The van der Waals surface area contributed by atoms with Gasteiger partial charge < -0.3 is 9.47 Å². The van der Waals surface area contributed by atoms with Gasteiger partial charge in [-0.1, -0.05) is 25.5 Å². The molecule has 0 bridgehead atoms. The van der Waals surface area contributed by atoms with Gasteiger partial charge in [0.15, 0.2) is 11.2 Å². The Balaban J connectivity index is 1.82. The number of aromatic nitrogens is 4. The van der Waals surface area contributed by atoms with E-state index in [1.54, 1.807) is 7.05 Å². The Bertz CT molecular complexity index is 1100. The van der Waals surface area contributed by atoms with Crippen molar-refractivity contribution < 1.29 is 0 Å². The van der Waals surface area contributed by atoms with Crippen LogP contribution in [0.1, 0.15) is 31.7 Å². The van der Waals surface area contributed by atoms with E-state index in [4.69, 9.17) is 0 Å². The van der Waals surface area contributed by atoms with E-state index in [1.165, 1.54) is 30.0 Å². The van der Waals surface area contributed by atoms with Crippen LogP contribution in [-0.4, -0.2) is 25.2 Å². The van der Waals surface area contributed by atoms with E-state index in [2.05, 4.69) is 41.1 Å². The van der Waals surface area contributed by atoms with Crippen LogP contribution < -0.4 is 16.1 Å². The summed E-state index contributed by atoms with van der Waals surface area (Å²) in [6.45, 7) is 3.76. The third-order valence-electron chi connectivity index (χ3n) is 5.40. The predicted molar refractivity (Wildman–Crippen MR) is 107 cm³/mol. The Hall–Kier alpha value is -2.83. The highest BCUT2D eigenvalue weighted by Crippen LogP contribution is 2.31. The van der Waals surface area contributed by atoms with Gasteiger partial charge in [0, 0.05) is 32.9 Å². The summed E-state index contributed by atoms with van der Waals surface area (Å²) in [6.07, 6.45) is 4.39. The van der Waals surface area contributed by atoms with Gasteiger partial charge in [-0.3, -0.25) is 13.9 Å². The number of rotatable bonds is 4. The number of hydrogen-bond acceptors (Lipinski definition) is 4. The fraction of sp³-hybridized carbons (Fsp3) is 0.450. The number of unbranched alkanes of at least 4 members (excludes halogenated alkanes) is 1. The lowest BCUT2D eigenvalue weighted by atomic mass is 10.1. The van der Waals surface area contributed by atoms with Crippen molar-refractivity contribution >= 4 is 22.8 Å². The topological polar surface area (TPSA) is 65.1 Å². The highest BCUT2D eigenvalue weighted by Gasteiger charge is 2.26. The summed E-state index contributed by atoms with van der Waals surface area (Å²) in [7, 11) is 3.18. The first-order valence-corrected chi connectivity index (χ1v) is 9.55. The molecule has 142 valence electrons. The lowest BCUT2D eigenvalue weighted by Gasteiger charge is -2.29. The van der Waals surface area contributed by atoms with Crippen LogP contribution in [0, 0.1) is 0 Å². The van der Waals surface area contributed by atoms with E-state index in [-0.39, 0.29) is 11.2 Å². The Morgan fingerprint density at radius 3 is 2.48 bits per heavy atom. The summed E-state index contributed by atoms with van der Waals surface area (Å²) in [5.41, 5.74) is 2.71. The second kappa shape index (κ2) is 6.72. The van der Waals surface area contributed by atoms with Gasteiger partial charge in [0.25, 0.3) is 5.56 Å². The number of anilines is 2. The summed E-state index contributed by atoms with van der Waals surface area (Å²) >= 11 is 0. The molecule has 7 heteroatoms. The monoisotopic (exact) mass is 367 g/mol. The van der Waals surface area contributed by atoms with E-state index < -0.39 is 0 Å². The Morgan fingerprint density at radius 2 is 1.78 bits per heavy atom. The number of imidazole rings is 1. The SMILES string of the molecule is CCCCc1ccc(N2CCCn3c2nc2c3c(=O)n(C)c(=O)n2C)cc1. The van der Waals surface area contributed by atoms with Gasteiger partial charge in [-0.05, 0) is 37.0 Å². The molecular formula is C20H25N5O2. The molecule has 0 atom stereocenters. The maximum atomic E-state index is 12.7. The van der Waals surface area contributed by atoms with Crippen molar-refractivity contribution in [1.29, 1.82) is 0 Å². The molecule has 7 nitrogen and oxygen atoms in total. The zero-order valence-corrected chi connectivity index (χ0v) is 16.1. The molecule has 0 amide bonds. The van der Waals surface area contributed by atoms with Crippen LogP contribution in [0.15, 0.2) is 33.9 Å². The first kappa shape index (κ1) is 17.6. The summed E-state index contributed by atoms with van der Waals surface area (Å²) in [5.74, 6) is 0.732. The maximum absolute atomic E-state index is 12.7. The largest absolute Gasteiger partial charge is 0.332 e. The lowest BCUT2D eigenvalue weighted by Crippen LogP contribution is -2.38. The maximum Gasteiger partial charge on any atom is 0.332 e. The van der Waals surface area contributed by atoms with Crippen molar-refractivity contribution in [3.05, 3.63) is 50.7 Å². The second-order valence-corrected chi connectivity index (χ2v) is 7.22. The number of benzene rings is 1.